The third-order valence-corrected chi connectivity index (χ3v) is 6.85. The van der Waals surface area contributed by atoms with Gasteiger partial charge >= 0.3 is 5.97 Å². The molecular weight excluding hydrogens is 312 g/mol. The molecule has 1 fully saturated rings. The number of aliphatic hydroxyl groups is 1. The molecule has 138 valence electrons. The lowest BCUT2D eigenvalue weighted by molar-refractivity contribution is -0.0542. The SMILES string of the molecule is CCCC1(O)CCC2(CC)c3ccc(C(=O)OC)cc3CCCC2C1. The van der Waals surface area contributed by atoms with Gasteiger partial charge in [0.1, 0.15) is 0 Å². The predicted octanol–water partition coefficient (Wildman–Crippen LogP) is 4.79. The van der Waals surface area contributed by atoms with Crippen LogP contribution in [-0.4, -0.2) is 23.8 Å². The monoisotopic (exact) mass is 344 g/mol. The number of aryl methyl sites for hydroxylation is 1. The van der Waals surface area contributed by atoms with Gasteiger partial charge in [-0.05, 0) is 86.0 Å². The van der Waals surface area contributed by atoms with Gasteiger partial charge in [-0.15, -0.1) is 0 Å². The second-order valence-corrected chi connectivity index (χ2v) is 8.14. The van der Waals surface area contributed by atoms with Gasteiger partial charge in [0, 0.05) is 0 Å². The Labute approximate surface area is 151 Å². The fourth-order valence-corrected chi connectivity index (χ4v) is 5.57. The van der Waals surface area contributed by atoms with E-state index in [9.17, 15) is 9.90 Å². The van der Waals surface area contributed by atoms with E-state index in [0.717, 1.165) is 51.4 Å². The Morgan fingerprint density at radius 3 is 2.80 bits per heavy atom. The van der Waals surface area contributed by atoms with Gasteiger partial charge in [0.05, 0.1) is 18.3 Å². The van der Waals surface area contributed by atoms with Gasteiger partial charge in [-0.3, -0.25) is 0 Å². The Morgan fingerprint density at radius 1 is 1.32 bits per heavy atom. The third kappa shape index (κ3) is 3.23. The van der Waals surface area contributed by atoms with Crippen molar-refractivity contribution in [1.82, 2.24) is 0 Å². The molecule has 0 heterocycles. The van der Waals surface area contributed by atoms with Crippen molar-refractivity contribution in [2.45, 2.75) is 82.7 Å². The van der Waals surface area contributed by atoms with E-state index >= 15 is 0 Å². The van der Waals surface area contributed by atoms with Crippen LogP contribution in [0, 0.1) is 5.92 Å². The summed E-state index contributed by atoms with van der Waals surface area (Å²) in [6.45, 7) is 4.46. The number of esters is 1. The number of hydrogen-bond donors (Lipinski definition) is 1. The number of rotatable bonds is 4. The van der Waals surface area contributed by atoms with E-state index in [1.54, 1.807) is 0 Å². The lowest BCUT2D eigenvalue weighted by atomic mass is 9.56. The maximum Gasteiger partial charge on any atom is 0.337 e. The minimum atomic E-state index is -0.478. The van der Waals surface area contributed by atoms with Gasteiger partial charge in [0.15, 0.2) is 0 Å². The molecule has 3 nitrogen and oxygen atoms in total. The van der Waals surface area contributed by atoms with Crippen molar-refractivity contribution >= 4 is 5.97 Å². The predicted molar refractivity (Wildman–Crippen MR) is 99.9 cm³/mol. The highest BCUT2D eigenvalue weighted by atomic mass is 16.5. The Kier molecular flexibility index (Phi) is 5.24. The summed E-state index contributed by atoms with van der Waals surface area (Å²) in [4.78, 5) is 11.9. The molecule has 1 N–H and O–H groups in total. The molecular formula is C22H32O3. The quantitative estimate of drug-likeness (QED) is 0.799. The molecule has 1 saturated carbocycles. The van der Waals surface area contributed by atoms with Crippen LogP contribution in [0.5, 0.6) is 0 Å². The molecule has 2 aliphatic rings. The van der Waals surface area contributed by atoms with E-state index in [1.807, 2.05) is 12.1 Å². The number of carbonyl (C=O) groups excluding carboxylic acids is 1. The van der Waals surface area contributed by atoms with E-state index in [2.05, 4.69) is 19.9 Å². The molecule has 0 aliphatic heterocycles. The molecule has 1 aromatic rings. The number of fused-ring (bicyclic) bond motifs is 3. The maximum atomic E-state index is 11.9. The summed E-state index contributed by atoms with van der Waals surface area (Å²) in [5.41, 5.74) is 3.07. The van der Waals surface area contributed by atoms with Crippen LogP contribution >= 0.6 is 0 Å². The number of benzene rings is 1. The van der Waals surface area contributed by atoms with Crippen LogP contribution in [0.3, 0.4) is 0 Å². The van der Waals surface area contributed by atoms with Crippen molar-refractivity contribution in [2.75, 3.05) is 7.11 Å². The minimum absolute atomic E-state index is 0.153. The average Bonchev–Trinajstić information content (AvgIpc) is 2.77. The van der Waals surface area contributed by atoms with E-state index < -0.39 is 5.60 Å². The fraction of sp³-hybridized carbons (Fsp3) is 0.682. The molecule has 2 aliphatic carbocycles. The maximum absolute atomic E-state index is 11.9. The molecule has 1 aromatic carbocycles. The van der Waals surface area contributed by atoms with Crippen LogP contribution in [0.25, 0.3) is 0 Å². The number of hydrogen-bond acceptors (Lipinski definition) is 3. The summed E-state index contributed by atoms with van der Waals surface area (Å²) < 4.78 is 4.90. The zero-order valence-corrected chi connectivity index (χ0v) is 15.9. The Bertz CT molecular complexity index is 638. The summed E-state index contributed by atoms with van der Waals surface area (Å²) in [6.07, 6.45) is 9.24. The van der Waals surface area contributed by atoms with Gasteiger partial charge in [-0.2, -0.15) is 0 Å². The number of carbonyl (C=O) groups is 1. The van der Waals surface area contributed by atoms with Gasteiger partial charge in [0.2, 0.25) is 0 Å². The van der Waals surface area contributed by atoms with E-state index in [4.69, 9.17) is 4.74 Å². The zero-order chi connectivity index (χ0) is 18.1. The molecule has 0 radical (unpaired) electrons. The smallest absolute Gasteiger partial charge is 0.337 e. The first-order valence-electron chi connectivity index (χ1n) is 9.92. The summed E-state index contributed by atoms with van der Waals surface area (Å²) in [5, 5.41) is 11.0. The van der Waals surface area contributed by atoms with Crippen LogP contribution < -0.4 is 0 Å². The van der Waals surface area contributed by atoms with Crippen LogP contribution in [0.2, 0.25) is 0 Å². The van der Waals surface area contributed by atoms with E-state index in [1.165, 1.54) is 24.7 Å². The highest BCUT2D eigenvalue weighted by Gasteiger charge is 2.49. The zero-order valence-electron chi connectivity index (χ0n) is 15.9. The summed E-state index contributed by atoms with van der Waals surface area (Å²) in [5.74, 6) is 0.281. The van der Waals surface area contributed by atoms with E-state index in [-0.39, 0.29) is 11.4 Å². The summed E-state index contributed by atoms with van der Waals surface area (Å²) in [6, 6.07) is 6.15. The lowest BCUT2D eigenvalue weighted by Gasteiger charge is -2.50. The number of ether oxygens (including phenoxy) is 1. The van der Waals surface area contributed by atoms with Crippen molar-refractivity contribution in [2.24, 2.45) is 5.92 Å². The van der Waals surface area contributed by atoms with Gasteiger partial charge in [-0.1, -0.05) is 26.3 Å². The van der Waals surface area contributed by atoms with Gasteiger partial charge in [0.25, 0.3) is 0 Å². The Morgan fingerprint density at radius 2 is 2.12 bits per heavy atom. The van der Waals surface area contributed by atoms with Crippen molar-refractivity contribution in [3.8, 4) is 0 Å². The lowest BCUT2D eigenvalue weighted by Crippen LogP contribution is -2.47. The molecule has 3 rings (SSSR count). The second kappa shape index (κ2) is 7.11. The van der Waals surface area contributed by atoms with Gasteiger partial charge in [-0.25, -0.2) is 4.79 Å². The van der Waals surface area contributed by atoms with Crippen LogP contribution in [0.15, 0.2) is 18.2 Å². The molecule has 0 aromatic heterocycles. The van der Waals surface area contributed by atoms with Crippen LogP contribution in [-0.2, 0) is 16.6 Å². The highest BCUT2D eigenvalue weighted by Crippen LogP contribution is 2.54. The third-order valence-electron chi connectivity index (χ3n) is 6.85. The second-order valence-electron chi connectivity index (χ2n) is 8.14. The molecule has 0 saturated heterocycles. The fourth-order valence-electron chi connectivity index (χ4n) is 5.57. The summed E-state index contributed by atoms with van der Waals surface area (Å²) >= 11 is 0. The minimum Gasteiger partial charge on any atom is -0.465 e. The molecule has 3 unspecified atom stereocenters. The van der Waals surface area contributed by atoms with E-state index in [0.29, 0.717) is 11.5 Å². The molecule has 3 heteroatoms. The topological polar surface area (TPSA) is 46.5 Å². The van der Waals surface area contributed by atoms with Crippen LogP contribution in [0.4, 0.5) is 0 Å². The van der Waals surface area contributed by atoms with Crippen molar-refractivity contribution < 1.29 is 14.6 Å². The first kappa shape index (κ1) is 18.4. The average molecular weight is 344 g/mol. The standard InChI is InChI=1S/C22H32O3/c1-4-11-21(24)12-13-22(5-2)18(15-21)8-6-7-16-14-17(20(23)25-3)9-10-19(16)22/h9-10,14,18,24H,4-8,11-13,15H2,1-3H3. The van der Waals surface area contributed by atoms with Crippen LogP contribution in [0.1, 0.15) is 86.7 Å². The largest absolute Gasteiger partial charge is 0.465 e. The van der Waals surface area contributed by atoms with Crippen molar-refractivity contribution in [3.05, 3.63) is 34.9 Å². The molecule has 0 amide bonds. The summed E-state index contributed by atoms with van der Waals surface area (Å²) in [7, 11) is 1.44. The Hall–Kier alpha value is -1.35. The van der Waals surface area contributed by atoms with Crippen molar-refractivity contribution in [3.63, 3.8) is 0 Å². The molecule has 0 spiro atoms. The Balaban J connectivity index is 2.00. The highest BCUT2D eigenvalue weighted by molar-refractivity contribution is 5.89. The first-order chi connectivity index (χ1) is 12.0. The molecule has 0 bridgehead atoms. The first-order valence-corrected chi connectivity index (χ1v) is 9.92. The molecule has 25 heavy (non-hydrogen) atoms. The number of methoxy groups -OCH3 is 1. The molecule has 3 atom stereocenters. The normalized spacial score (nSPS) is 31.6. The van der Waals surface area contributed by atoms with Gasteiger partial charge < -0.3 is 9.84 Å². The van der Waals surface area contributed by atoms with Crippen molar-refractivity contribution in [1.29, 1.82) is 0 Å².